The lowest BCUT2D eigenvalue weighted by atomic mass is 10.2. The average molecular weight is 171 g/mol. The molecule has 0 saturated carbocycles. The second-order valence-corrected chi connectivity index (χ2v) is 3.26. The van der Waals surface area contributed by atoms with E-state index in [0.717, 1.165) is 26.2 Å². The Morgan fingerprint density at radius 1 is 1.75 bits per heavy atom. The summed E-state index contributed by atoms with van der Waals surface area (Å²) in [6.07, 6.45) is 0.998. The number of morpholine rings is 1. The smallest absolute Gasteiger partial charge is 0.0918 e. The molecule has 1 atom stereocenters. The number of hydrogen-bond acceptors (Lipinski definition) is 3. The molecule has 0 aromatic rings. The van der Waals surface area contributed by atoms with Gasteiger partial charge in [0, 0.05) is 26.1 Å². The van der Waals surface area contributed by atoms with Crippen molar-refractivity contribution in [3.63, 3.8) is 0 Å². The van der Waals surface area contributed by atoms with Gasteiger partial charge >= 0.3 is 0 Å². The van der Waals surface area contributed by atoms with E-state index in [-0.39, 0.29) is 5.84 Å². The first-order valence-electron chi connectivity index (χ1n) is 4.35. The summed E-state index contributed by atoms with van der Waals surface area (Å²) in [6, 6.07) is 0. The maximum Gasteiger partial charge on any atom is 0.0918 e. The minimum absolute atomic E-state index is 0.272. The summed E-state index contributed by atoms with van der Waals surface area (Å²) in [7, 11) is 0. The minimum Gasteiger partial charge on any atom is -0.388 e. The predicted octanol–water partition coefficient (Wildman–Crippen LogP) is 0.0332. The molecule has 4 heteroatoms. The largest absolute Gasteiger partial charge is 0.388 e. The van der Waals surface area contributed by atoms with Gasteiger partial charge in [-0.15, -0.1) is 0 Å². The molecule has 70 valence electrons. The Labute approximate surface area is 73.2 Å². The summed E-state index contributed by atoms with van der Waals surface area (Å²) >= 11 is 0. The van der Waals surface area contributed by atoms with Crippen molar-refractivity contribution < 1.29 is 4.74 Å². The number of nitrogens with two attached hydrogens (primary N) is 1. The molecule has 1 aliphatic heterocycles. The predicted molar refractivity (Wildman–Crippen MR) is 48.4 cm³/mol. The molecule has 1 fully saturated rings. The molecule has 3 N–H and O–H groups in total. The SMILES string of the molecule is CC1CN(CCC(=N)N)CCO1. The second-order valence-electron chi connectivity index (χ2n) is 3.26. The number of ether oxygens (including phenoxy) is 1. The molecule has 1 saturated heterocycles. The van der Waals surface area contributed by atoms with Gasteiger partial charge in [-0.3, -0.25) is 10.3 Å². The van der Waals surface area contributed by atoms with Gasteiger partial charge in [0.25, 0.3) is 0 Å². The van der Waals surface area contributed by atoms with Crippen LogP contribution < -0.4 is 5.73 Å². The van der Waals surface area contributed by atoms with E-state index in [4.69, 9.17) is 15.9 Å². The van der Waals surface area contributed by atoms with E-state index < -0.39 is 0 Å². The van der Waals surface area contributed by atoms with Crippen molar-refractivity contribution in [3.8, 4) is 0 Å². The van der Waals surface area contributed by atoms with Gasteiger partial charge in [0.15, 0.2) is 0 Å². The lowest BCUT2D eigenvalue weighted by Crippen LogP contribution is -2.42. The van der Waals surface area contributed by atoms with Gasteiger partial charge in [0.2, 0.25) is 0 Å². The van der Waals surface area contributed by atoms with Crippen LogP contribution in [0.5, 0.6) is 0 Å². The minimum atomic E-state index is 0.272. The van der Waals surface area contributed by atoms with E-state index >= 15 is 0 Å². The molecule has 1 aliphatic rings. The molecule has 0 aromatic heterocycles. The lowest BCUT2D eigenvalue weighted by Gasteiger charge is -2.30. The monoisotopic (exact) mass is 171 g/mol. The third-order valence-corrected chi connectivity index (χ3v) is 2.02. The van der Waals surface area contributed by atoms with Crippen LogP contribution in [-0.4, -0.2) is 43.1 Å². The van der Waals surface area contributed by atoms with Crippen molar-refractivity contribution in [3.05, 3.63) is 0 Å². The Morgan fingerprint density at radius 2 is 2.50 bits per heavy atom. The topological polar surface area (TPSA) is 62.3 Å². The molecule has 0 aliphatic carbocycles. The highest BCUT2D eigenvalue weighted by Gasteiger charge is 2.15. The first-order chi connectivity index (χ1) is 5.68. The van der Waals surface area contributed by atoms with Gasteiger partial charge in [-0.2, -0.15) is 0 Å². The van der Waals surface area contributed by atoms with Crippen LogP contribution in [0, 0.1) is 5.41 Å². The fourth-order valence-electron chi connectivity index (χ4n) is 1.37. The lowest BCUT2D eigenvalue weighted by molar-refractivity contribution is -0.0172. The number of hydrogen-bond donors (Lipinski definition) is 2. The van der Waals surface area contributed by atoms with Gasteiger partial charge in [0.05, 0.1) is 18.5 Å². The third-order valence-electron chi connectivity index (χ3n) is 2.02. The average Bonchev–Trinajstić information content (AvgIpc) is 2.01. The van der Waals surface area contributed by atoms with E-state index in [1.165, 1.54) is 0 Å². The number of nitrogens with zero attached hydrogens (tertiary/aromatic N) is 1. The van der Waals surface area contributed by atoms with Crippen LogP contribution in [0.4, 0.5) is 0 Å². The summed E-state index contributed by atoms with van der Waals surface area (Å²) in [6.45, 7) is 5.70. The molecule has 1 unspecified atom stereocenters. The number of rotatable bonds is 3. The maximum absolute atomic E-state index is 7.08. The van der Waals surface area contributed by atoms with Crippen LogP contribution in [0.1, 0.15) is 13.3 Å². The normalized spacial score (nSPS) is 25.6. The summed E-state index contributed by atoms with van der Waals surface area (Å²) in [5.41, 5.74) is 5.27. The maximum atomic E-state index is 7.08. The van der Waals surface area contributed by atoms with Crippen LogP contribution in [-0.2, 0) is 4.74 Å². The van der Waals surface area contributed by atoms with Gasteiger partial charge in [0.1, 0.15) is 0 Å². The van der Waals surface area contributed by atoms with E-state index in [0.29, 0.717) is 12.5 Å². The third kappa shape index (κ3) is 3.19. The Hall–Kier alpha value is -0.610. The Kier molecular flexibility index (Phi) is 3.49. The molecule has 1 rings (SSSR count). The summed E-state index contributed by atoms with van der Waals surface area (Å²) in [5, 5.41) is 7.08. The van der Waals surface area contributed by atoms with E-state index in [9.17, 15) is 0 Å². The standard InChI is InChI=1S/C8H17N3O/c1-7-6-11(4-5-12-7)3-2-8(9)10/h7H,2-6H2,1H3,(H3,9,10). The molecular formula is C8H17N3O. The highest BCUT2D eigenvalue weighted by Crippen LogP contribution is 2.04. The van der Waals surface area contributed by atoms with Crippen molar-refractivity contribution in [1.82, 2.24) is 4.90 Å². The van der Waals surface area contributed by atoms with E-state index in [1.54, 1.807) is 0 Å². The van der Waals surface area contributed by atoms with Gasteiger partial charge in [-0.25, -0.2) is 0 Å². The van der Waals surface area contributed by atoms with Crippen molar-refractivity contribution in [2.24, 2.45) is 5.73 Å². The zero-order valence-electron chi connectivity index (χ0n) is 7.55. The number of amidine groups is 1. The Bertz CT molecular complexity index is 160. The van der Waals surface area contributed by atoms with Crippen molar-refractivity contribution in [2.75, 3.05) is 26.2 Å². The van der Waals surface area contributed by atoms with E-state index in [1.807, 2.05) is 0 Å². The first-order valence-corrected chi connectivity index (χ1v) is 4.35. The van der Waals surface area contributed by atoms with Crippen LogP contribution in [0.2, 0.25) is 0 Å². The van der Waals surface area contributed by atoms with Crippen LogP contribution in [0.25, 0.3) is 0 Å². The highest BCUT2D eigenvalue weighted by atomic mass is 16.5. The van der Waals surface area contributed by atoms with Crippen molar-refractivity contribution >= 4 is 5.84 Å². The van der Waals surface area contributed by atoms with Gasteiger partial charge in [-0.1, -0.05) is 0 Å². The zero-order chi connectivity index (χ0) is 8.97. The van der Waals surface area contributed by atoms with Crippen molar-refractivity contribution in [2.45, 2.75) is 19.4 Å². The molecule has 0 aromatic carbocycles. The molecule has 1 heterocycles. The fraction of sp³-hybridized carbons (Fsp3) is 0.875. The van der Waals surface area contributed by atoms with Crippen LogP contribution in [0.15, 0.2) is 0 Å². The number of nitrogens with one attached hydrogen (secondary N) is 1. The van der Waals surface area contributed by atoms with Gasteiger partial charge in [-0.05, 0) is 6.92 Å². The highest BCUT2D eigenvalue weighted by molar-refractivity contribution is 5.76. The quantitative estimate of drug-likeness (QED) is 0.465. The second kappa shape index (κ2) is 4.42. The molecule has 0 spiro atoms. The van der Waals surface area contributed by atoms with Crippen LogP contribution >= 0.6 is 0 Å². The van der Waals surface area contributed by atoms with Crippen molar-refractivity contribution in [1.29, 1.82) is 5.41 Å². The molecule has 12 heavy (non-hydrogen) atoms. The molecule has 0 bridgehead atoms. The Balaban J connectivity index is 2.18. The van der Waals surface area contributed by atoms with Gasteiger partial charge < -0.3 is 10.5 Å². The summed E-state index contributed by atoms with van der Waals surface area (Å²) < 4.78 is 5.39. The summed E-state index contributed by atoms with van der Waals surface area (Å²) in [4.78, 5) is 2.29. The molecule has 0 radical (unpaired) electrons. The molecule has 0 amide bonds. The van der Waals surface area contributed by atoms with Crippen LogP contribution in [0.3, 0.4) is 0 Å². The molecular weight excluding hydrogens is 154 g/mol. The Morgan fingerprint density at radius 3 is 3.08 bits per heavy atom. The zero-order valence-corrected chi connectivity index (χ0v) is 7.55. The summed E-state index contributed by atoms with van der Waals surface area (Å²) in [5.74, 6) is 0.272. The fourth-order valence-corrected chi connectivity index (χ4v) is 1.37. The first kappa shape index (κ1) is 9.48. The molecule has 4 nitrogen and oxygen atoms in total. The van der Waals surface area contributed by atoms with E-state index in [2.05, 4.69) is 11.8 Å².